The molecule has 1 unspecified atom stereocenters. The van der Waals surface area contributed by atoms with Gasteiger partial charge in [0.15, 0.2) is 5.66 Å². The van der Waals surface area contributed by atoms with Gasteiger partial charge >= 0.3 is 6.03 Å². The molecule has 0 bridgehead atoms. The second-order valence-corrected chi connectivity index (χ2v) is 5.82. The van der Waals surface area contributed by atoms with Crippen LogP contribution in [0.5, 0.6) is 0 Å². The minimum absolute atomic E-state index is 0.0904. The lowest BCUT2D eigenvalue weighted by atomic mass is 9.99. The maximum absolute atomic E-state index is 12.1. The summed E-state index contributed by atoms with van der Waals surface area (Å²) < 4.78 is 0. The fraction of sp³-hybridized carbons (Fsp3) is 0.929. The maximum Gasteiger partial charge on any atom is 0.319 e. The summed E-state index contributed by atoms with van der Waals surface area (Å²) in [6.07, 6.45) is 2.09. The first kappa shape index (κ1) is 17.9. The summed E-state index contributed by atoms with van der Waals surface area (Å²) in [6.45, 7) is 12.8. The number of carbonyl (C=O) groups is 1. The summed E-state index contributed by atoms with van der Waals surface area (Å²) in [6, 6.07) is 0.0418. The van der Waals surface area contributed by atoms with Crippen LogP contribution in [0.2, 0.25) is 0 Å². The predicted octanol–water partition coefficient (Wildman–Crippen LogP) is 3.66. The van der Waals surface area contributed by atoms with Crippen molar-refractivity contribution in [3.8, 4) is 0 Å². The van der Waals surface area contributed by atoms with Crippen LogP contribution in [-0.4, -0.2) is 36.2 Å². The van der Waals surface area contributed by atoms with Crippen LogP contribution in [0.15, 0.2) is 10.2 Å². The van der Waals surface area contributed by atoms with Gasteiger partial charge in [-0.25, -0.2) is 4.79 Å². The Morgan fingerprint density at radius 3 is 2.32 bits per heavy atom. The molecule has 0 radical (unpaired) electrons. The second-order valence-electron chi connectivity index (χ2n) is 5.82. The molecule has 1 atom stereocenters. The molecule has 0 aliphatic heterocycles. The normalized spacial score (nSPS) is 15.0. The molecule has 0 rings (SSSR count). The Balaban J connectivity index is 4.70. The molecule has 5 nitrogen and oxygen atoms in total. The van der Waals surface area contributed by atoms with E-state index in [4.69, 9.17) is 0 Å². The van der Waals surface area contributed by atoms with Crippen LogP contribution in [-0.2, 0) is 0 Å². The monoisotopic (exact) mass is 270 g/mol. The van der Waals surface area contributed by atoms with Crippen molar-refractivity contribution in [1.82, 2.24) is 10.2 Å². The molecule has 112 valence electrons. The summed E-state index contributed by atoms with van der Waals surface area (Å²) in [5, 5.41) is 11.5. The summed E-state index contributed by atoms with van der Waals surface area (Å²) in [7, 11) is 1.81. The third-order valence-corrected chi connectivity index (χ3v) is 3.17. The summed E-state index contributed by atoms with van der Waals surface area (Å²) >= 11 is 0. The SMILES string of the molecule is CCCCN(C)C(=O)NC(C)(N=NC(C)C)C(C)C. The van der Waals surface area contributed by atoms with Crippen LogP contribution in [0.4, 0.5) is 4.79 Å². The minimum atomic E-state index is -0.651. The molecule has 5 heteroatoms. The van der Waals surface area contributed by atoms with E-state index in [0.29, 0.717) is 0 Å². The van der Waals surface area contributed by atoms with Crippen LogP contribution < -0.4 is 5.32 Å². The first-order valence-electron chi connectivity index (χ1n) is 7.18. The highest BCUT2D eigenvalue weighted by Crippen LogP contribution is 2.19. The number of urea groups is 1. The number of hydrogen-bond donors (Lipinski definition) is 1. The van der Waals surface area contributed by atoms with Gasteiger partial charge < -0.3 is 10.2 Å². The van der Waals surface area contributed by atoms with E-state index in [9.17, 15) is 4.79 Å². The summed E-state index contributed by atoms with van der Waals surface area (Å²) in [5.41, 5.74) is -0.651. The Labute approximate surface area is 117 Å². The number of nitrogens with one attached hydrogen (secondary N) is 1. The maximum atomic E-state index is 12.1. The van der Waals surface area contributed by atoms with E-state index in [-0.39, 0.29) is 18.0 Å². The molecular formula is C14H30N4O. The molecule has 0 saturated carbocycles. The zero-order valence-electron chi connectivity index (χ0n) is 13.5. The van der Waals surface area contributed by atoms with Crippen molar-refractivity contribution in [2.75, 3.05) is 13.6 Å². The van der Waals surface area contributed by atoms with Gasteiger partial charge in [-0.05, 0) is 33.1 Å². The number of nitrogens with zero attached hydrogens (tertiary/aromatic N) is 3. The van der Waals surface area contributed by atoms with Gasteiger partial charge in [0.25, 0.3) is 0 Å². The third-order valence-electron chi connectivity index (χ3n) is 3.17. The Bertz CT molecular complexity index is 302. The zero-order valence-corrected chi connectivity index (χ0v) is 13.5. The Morgan fingerprint density at radius 2 is 1.89 bits per heavy atom. The van der Waals surface area contributed by atoms with E-state index >= 15 is 0 Å². The fourth-order valence-electron chi connectivity index (χ4n) is 1.33. The lowest BCUT2D eigenvalue weighted by molar-refractivity contribution is 0.180. The van der Waals surface area contributed by atoms with Crippen molar-refractivity contribution in [1.29, 1.82) is 0 Å². The van der Waals surface area contributed by atoms with E-state index in [1.54, 1.807) is 4.90 Å². The standard InChI is InChI=1S/C14H30N4O/c1-8-9-10-18(7)13(19)15-14(6,11(2)3)17-16-12(4)5/h11-12H,8-10H2,1-7H3,(H,15,19). The van der Waals surface area contributed by atoms with Gasteiger partial charge in [-0.15, -0.1) is 0 Å². The van der Waals surface area contributed by atoms with Crippen molar-refractivity contribution in [3.63, 3.8) is 0 Å². The van der Waals surface area contributed by atoms with Crippen LogP contribution >= 0.6 is 0 Å². The topological polar surface area (TPSA) is 57.1 Å². The highest BCUT2D eigenvalue weighted by atomic mass is 16.2. The molecular weight excluding hydrogens is 240 g/mol. The Kier molecular flexibility index (Phi) is 7.64. The minimum Gasteiger partial charge on any atom is -0.328 e. The Hall–Kier alpha value is -1.13. The van der Waals surface area contributed by atoms with Gasteiger partial charge in [-0.1, -0.05) is 27.2 Å². The quantitative estimate of drug-likeness (QED) is 0.705. The molecule has 0 aromatic heterocycles. The number of rotatable bonds is 7. The first-order chi connectivity index (χ1) is 8.73. The third kappa shape index (κ3) is 6.55. The van der Waals surface area contributed by atoms with Gasteiger partial charge in [-0.2, -0.15) is 10.2 Å². The average Bonchev–Trinajstić information content (AvgIpc) is 2.33. The van der Waals surface area contributed by atoms with E-state index in [1.165, 1.54) is 0 Å². The summed E-state index contributed by atoms with van der Waals surface area (Å²) in [4.78, 5) is 13.8. The van der Waals surface area contributed by atoms with Gasteiger partial charge in [0.1, 0.15) is 0 Å². The lowest BCUT2D eigenvalue weighted by Gasteiger charge is -2.31. The molecule has 0 aromatic rings. The molecule has 0 aliphatic carbocycles. The van der Waals surface area contributed by atoms with E-state index in [0.717, 1.165) is 19.4 Å². The highest BCUT2D eigenvalue weighted by molar-refractivity contribution is 5.74. The molecule has 0 spiro atoms. The van der Waals surface area contributed by atoms with Crippen molar-refractivity contribution in [2.24, 2.45) is 16.1 Å². The molecule has 1 N–H and O–H groups in total. The van der Waals surface area contributed by atoms with Gasteiger partial charge in [0, 0.05) is 13.6 Å². The molecule has 2 amide bonds. The van der Waals surface area contributed by atoms with E-state index < -0.39 is 5.66 Å². The highest BCUT2D eigenvalue weighted by Gasteiger charge is 2.31. The molecule has 0 fully saturated rings. The van der Waals surface area contributed by atoms with Crippen molar-refractivity contribution in [3.05, 3.63) is 0 Å². The molecule has 0 aromatic carbocycles. The number of carbonyl (C=O) groups excluding carboxylic acids is 1. The summed E-state index contributed by atoms with van der Waals surface area (Å²) in [5.74, 6) is 0.179. The zero-order chi connectivity index (χ0) is 15.1. The van der Waals surface area contributed by atoms with E-state index in [1.807, 2.05) is 41.7 Å². The number of amides is 2. The first-order valence-corrected chi connectivity index (χ1v) is 7.18. The van der Waals surface area contributed by atoms with Crippen molar-refractivity contribution in [2.45, 2.75) is 66.1 Å². The van der Waals surface area contributed by atoms with Gasteiger partial charge in [-0.3, -0.25) is 0 Å². The molecule has 0 heterocycles. The number of azo groups is 1. The smallest absolute Gasteiger partial charge is 0.319 e. The van der Waals surface area contributed by atoms with Crippen LogP contribution in [0.3, 0.4) is 0 Å². The molecule has 0 aliphatic rings. The lowest BCUT2D eigenvalue weighted by Crippen LogP contribution is -2.52. The predicted molar refractivity (Wildman–Crippen MR) is 79.3 cm³/mol. The Morgan fingerprint density at radius 1 is 1.32 bits per heavy atom. The van der Waals surface area contributed by atoms with Crippen LogP contribution in [0, 0.1) is 5.92 Å². The average molecular weight is 270 g/mol. The van der Waals surface area contributed by atoms with Crippen LogP contribution in [0.1, 0.15) is 54.4 Å². The molecule has 0 saturated heterocycles. The van der Waals surface area contributed by atoms with E-state index in [2.05, 4.69) is 22.5 Å². The van der Waals surface area contributed by atoms with Gasteiger partial charge in [0.05, 0.1) is 6.04 Å². The fourth-order valence-corrected chi connectivity index (χ4v) is 1.33. The van der Waals surface area contributed by atoms with Gasteiger partial charge in [0.2, 0.25) is 0 Å². The largest absolute Gasteiger partial charge is 0.328 e. The van der Waals surface area contributed by atoms with Crippen LogP contribution in [0.25, 0.3) is 0 Å². The van der Waals surface area contributed by atoms with Crippen molar-refractivity contribution < 1.29 is 4.79 Å². The number of hydrogen-bond acceptors (Lipinski definition) is 3. The number of unbranched alkanes of at least 4 members (excludes halogenated alkanes) is 1. The second kappa shape index (κ2) is 8.12. The molecule has 19 heavy (non-hydrogen) atoms. The van der Waals surface area contributed by atoms with Crippen molar-refractivity contribution >= 4 is 6.03 Å².